The van der Waals surface area contributed by atoms with E-state index in [0.717, 1.165) is 38.5 Å². The van der Waals surface area contributed by atoms with Crippen LogP contribution in [0, 0.1) is 46.3 Å². The molecular weight excluding hydrogens is 648 g/mol. The summed E-state index contributed by atoms with van der Waals surface area (Å²) >= 11 is 0. The van der Waals surface area contributed by atoms with Crippen molar-refractivity contribution in [3.8, 4) is 0 Å². The zero-order chi connectivity index (χ0) is 36.3. The number of fused-ring (bicyclic) bond motifs is 5. The summed E-state index contributed by atoms with van der Waals surface area (Å²) in [7, 11) is 0. The summed E-state index contributed by atoms with van der Waals surface area (Å²) in [5.74, 6) is 0.635. The number of rotatable bonds is 10. The third-order valence-corrected chi connectivity index (χ3v) is 14.0. The summed E-state index contributed by atoms with van der Waals surface area (Å²) < 4.78 is 22.9. The molecule has 6 aliphatic rings. The molecule has 0 aromatic carbocycles. The van der Waals surface area contributed by atoms with Crippen LogP contribution in [-0.4, -0.2) is 117 Å². The van der Waals surface area contributed by atoms with Crippen molar-refractivity contribution in [2.24, 2.45) is 46.3 Å². The first-order valence-corrected chi connectivity index (χ1v) is 18.9. The van der Waals surface area contributed by atoms with Crippen molar-refractivity contribution in [3.63, 3.8) is 0 Å². The summed E-state index contributed by atoms with van der Waals surface area (Å²) in [6, 6.07) is 0. The molecule has 0 aromatic rings. The normalized spacial score (nSPS) is 48.9. The molecule has 6 N–H and O–H groups in total. The minimum atomic E-state index is -1.35. The fourth-order valence-corrected chi connectivity index (χ4v) is 10.8. The molecule has 2 saturated heterocycles. The second-order valence-corrected chi connectivity index (χ2v) is 17.1. The number of ketones is 2. The van der Waals surface area contributed by atoms with Gasteiger partial charge in [-0.05, 0) is 86.4 Å². The van der Waals surface area contributed by atoms with Crippen LogP contribution in [0.3, 0.4) is 0 Å². The molecule has 6 rings (SSSR count). The highest BCUT2D eigenvalue weighted by Gasteiger charge is 2.62. The van der Waals surface area contributed by atoms with E-state index in [9.17, 15) is 40.2 Å². The zero-order valence-electron chi connectivity index (χ0n) is 30.2. The van der Waals surface area contributed by atoms with Gasteiger partial charge in [-0.2, -0.15) is 0 Å². The third kappa shape index (κ3) is 6.92. The lowest BCUT2D eigenvalue weighted by molar-refractivity contribution is -0.305. The van der Waals surface area contributed by atoms with Gasteiger partial charge < -0.3 is 49.6 Å². The number of aliphatic hydroxyl groups is 6. The largest absolute Gasteiger partial charge is 0.388 e. The Labute approximate surface area is 295 Å². The molecule has 12 nitrogen and oxygen atoms in total. The van der Waals surface area contributed by atoms with Gasteiger partial charge in [-0.1, -0.05) is 39.3 Å². The molecule has 18 atom stereocenters. The summed E-state index contributed by atoms with van der Waals surface area (Å²) in [4.78, 5) is 27.4. The fraction of sp³-hybridized carbons (Fsp3) is 0.895. The van der Waals surface area contributed by atoms with Crippen LogP contribution in [0.4, 0.5) is 0 Å². The number of Topliss-reactive ketones (excluding diaryl/α,β-unsaturated/α-hetero) is 2. The van der Waals surface area contributed by atoms with Gasteiger partial charge >= 0.3 is 0 Å². The van der Waals surface area contributed by atoms with E-state index in [-0.39, 0.29) is 65.4 Å². The van der Waals surface area contributed by atoms with Gasteiger partial charge in [0.2, 0.25) is 0 Å². The molecule has 0 bridgehead atoms. The number of carbonyl (C=O) groups excluding carboxylic acids is 2. The van der Waals surface area contributed by atoms with Gasteiger partial charge in [0, 0.05) is 24.7 Å². The molecule has 0 radical (unpaired) electrons. The van der Waals surface area contributed by atoms with E-state index < -0.39 is 55.3 Å². The van der Waals surface area contributed by atoms with Crippen LogP contribution in [-0.2, 0) is 28.5 Å². The molecule has 284 valence electrons. The van der Waals surface area contributed by atoms with Gasteiger partial charge in [0.25, 0.3) is 0 Å². The molecule has 0 aromatic heterocycles. The van der Waals surface area contributed by atoms with E-state index in [4.69, 9.17) is 18.9 Å². The Hall–Kier alpha value is -1.32. The van der Waals surface area contributed by atoms with Crippen LogP contribution < -0.4 is 0 Å². The van der Waals surface area contributed by atoms with Gasteiger partial charge in [-0.15, -0.1) is 0 Å². The van der Waals surface area contributed by atoms with Crippen molar-refractivity contribution in [1.82, 2.24) is 0 Å². The second kappa shape index (κ2) is 14.8. The predicted molar refractivity (Wildman–Crippen MR) is 179 cm³/mol. The second-order valence-electron chi connectivity index (χ2n) is 17.1. The average Bonchev–Trinajstić information content (AvgIpc) is 3.36. The van der Waals surface area contributed by atoms with Crippen LogP contribution >= 0.6 is 0 Å². The molecule has 12 heteroatoms. The standard InChI is InChI=1S/C38H60O12/c1-18(16-47-35-33(45)31(43)28(41)17-48-35)6-9-26(39)19(2)29-27(40)15-25-23-8-7-21-14-22(50-36-34(46)32(44)30(42)20(3)49-36)10-12-37(21,4)24(23)11-13-38(25,29)5/h7,18-20,22-25,28-36,41-46H,6,8-17H2,1-5H3/t18-,19-,20+,22+,23-,24+,25+,28+,29+,30+,31+,32-,33-,34-,35-,36+,37+,38+/m1/s1. The lowest BCUT2D eigenvalue weighted by Crippen LogP contribution is -2.58. The van der Waals surface area contributed by atoms with Crippen molar-refractivity contribution >= 4 is 11.6 Å². The lowest BCUT2D eigenvalue weighted by atomic mass is 9.47. The summed E-state index contributed by atoms with van der Waals surface area (Å²) in [5, 5.41) is 60.5. The summed E-state index contributed by atoms with van der Waals surface area (Å²) in [6.07, 6.45) is -1.53. The van der Waals surface area contributed by atoms with Crippen LogP contribution in [0.5, 0.6) is 0 Å². The Morgan fingerprint density at radius 3 is 2.40 bits per heavy atom. The highest BCUT2D eigenvalue weighted by atomic mass is 16.7. The highest BCUT2D eigenvalue weighted by Crippen LogP contribution is 2.66. The number of hydrogen-bond donors (Lipinski definition) is 6. The Morgan fingerprint density at radius 1 is 0.940 bits per heavy atom. The van der Waals surface area contributed by atoms with Crippen molar-refractivity contribution in [1.29, 1.82) is 0 Å². The quantitative estimate of drug-likeness (QED) is 0.181. The van der Waals surface area contributed by atoms with Gasteiger partial charge in [0.15, 0.2) is 12.6 Å². The third-order valence-electron chi connectivity index (χ3n) is 14.0. The summed E-state index contributed by atoms with van der Waals surface area (Å²) in [6.45, 7) is 10.2. The van der Waals surface area contributed by atoms with Crippen LogP contribution in [0.1, 0.15) is 92.4 Å². The maximum absolute atomic E-state index is 13.8. The number of aliphatic hydroxyl groups excluding tert-OH is 6. The first-order chi connectivity index (χ1) is 23.6. The Morgan fingerprint density at radius 2 is 1.66 bits per heavy atom. The van der Waals surface area contributed by atoms with E-state index in [1.165, 1.54) is 5.57 Å². The first kappa shape index (κ1) is 38.4. The van der Waals surface area contributed by atoms with E-state index in [1.807, 2.05) is 13.8 Å². The average molecular weight is 709 g/mol. The molecule has 0 spiro atoms. The molecule has 0 amide bonds. The van der Waals surface area contributed by atoms with Gasteiger partial charge in [0.1, 0.15) is 48.2 Å². The highest BCUT2D eigenvalue weighted by molar-refractivity contribution is 5.92. The maximum atomic E-state index is 13.8. The Balaban J connectivity index is 1.04. The molecule has 5 fully saturated rings. The van der Waals surface area contributed by atoms with Crippen molar-refractivity contribution in [2.45, 2.75) is 154 Å². The van der Waals surface area contributed by atoms with Gasteiger partial charge in [-0.25, -0.2) is 0 Å². The van der Waals surface area contributed by atoms with E-state index in [2.05, 4.69) is 19.9 Å². The Bertz CT molecular complexity index is 1270. The molecule has 50 heavy (non-hydrogen) atoms. The SMILES string of the molecule is C[C@H](CCC(=O)[C@@H](C)[C@H]1C(=O)C[C@H]2[C@@H]3CC=C4C[C@@H](O[C@@H]5O[C@@H](C)[C@H](O)[C@@H](O)[C@H]5O)CC[C@]4(C)[C@H]3CC[C@]12C)CO[C@@H]1OC[C@H](O)[C@H](O)[C@H]1O. The number of ether oxygens (including phenoxy) is 4. The van der Waals surface area contributed by atoms with E-state index >= 15 is 0 Å². The smallest absolute Gasteiger partial charge is 0.186 e. The number of hydrogen-bond acceptors (Lipinski definition) is 12. The number of carbonyl (C=O) groups is 2. The van der Waals surface area contributed by atoms with Gasteiger partial charge in [0.05, 0.1) is 25.4 Å². The molecule has 2 heterocycles. The minimum absolute atomic E-state index is 0.0169. The zero-order valence-corrected chi connectivity index (χ0v) is 30.2. The van der Waals surface area contributed by atoms with Crippen molar-refractivity contribution in [3.05, 3.63) is 11.6 Å². The topological polar surface area (TPSA) is 192 Å². The van der Waals surface area contributed by atoms with E-state index in [0.29, 0.717) is 31.1 Å². The molecular formula is C38H60O12. The van der Waals surface area contributed by atoms with Gasteiger partial charge in [-0.3, -0.25) is 9.59 Å². The molecule has 3 saturated carbocycles. The predicted octanol–water partition coefficient (Wildman–Crippen LogP) is 2.03. The van der Waals surface area contributed by atoms with Crippen molar-refractivity contribution in [2.75, 3.05) is 13.2 Å². The van der Waals surface area contributed by atoms with Crippen LogP contribution in [0.25, 0.3) is 0 Å². The van der Waals surface area contributed by atoms with E-state index in [1.54, 1.807) is 6.92 Å². The maximum Gasteiger partial charge on any atom is 0.186 e. The lowest BCUT2D eigenvalue weighted by Gasteiger charge is -2.58. The molecule has 2 aliphatic heterocycles. The molecule has 4 aliphatic carbocycles. The monoisotopic (exact) mass is 708 g/mol. The van der Waals surface area contributed by atoms with Crippen LogP contribution in [0.15, 0.2) is 11.6 Å². The molecule has 0 unspecified atom stereocenters. The van der Waals surface area contributed by atoms with Crippen LogP contribution in [0.2, 0.25) is 0 Å². The minimum Gasteiger partial charge on any atom is -0.388 e. The summed E-state index contributed by atoms with van der Waals surface area (Å²) in [5.41, 5.74) is 1.11. The van der Waals surface area contributed by atoms with Crippen molar-refractivity contribution < 1.29 is 59.2 Å². The number of allylic oxidation sites excluding steroid dienone is 1. The fourth-order valence-electron chi connectivity index (χ4n) is 10.8. The Kier molecular flexibility index (Phi) is 11.4. The first-order valence-electron chi connectivity index (χ1n) is 18.9.